The molecule has 4 heteroatoms. The highest BCUT2D eigenvalue weighted by Crippen LogP contribution is 2.39. The van der Waals surface area contributed by atoms with Crippen LogP contribution in [0.1, 0.15) is 48.3 Å². The Morgan fingerprint density at radius 1 is 1.19 bits per heavy atom. The molecule has 2 N–H and O–H groups in total. The minimum absolute atomic E-state index is 0.0219. The number of amides is 1. The lowest BCUT2D eigenvalue weighted by molar-refractivity contribution is -0.126. The van der Waals surface area contributed by atoms with Gasteiger partial charge in [-0.05, 0) is 50.7 Å². The van der Waals surface area contributed by atoms with E-state index in [9.17, 15) is 14.7 Å². The number of hydrogen-bond donors (Lipinski definition) is 2. The van der Waals surface area contributed by atoms with E-state index in [0.29, 0.717) is 25.7 Å². The first kappa shape index (κ1) is 14.3. The molecule has 1 aliphatic heterocycles. The first-order valence-corrected chi connectivity index (χ1v) is 7.54. The van der Waals surface area contributed by atoms with Crippen molar-refractivity contribution in [2.75, 3.05) is 0 Å². The number of benzene rings is 1. The topological polar surface area (TPSA) is 66.4 Å². The standard InChI is InChI=1S/C17H21NO3/c1-10-3-4-13(11(2)9-10)14-15(20)17(18-16(14)21)7-5-12(19)6-8-17/h3-4,9,12,14,19H,5-8H2,1-2H3,(H,18,21). The van der Waals surface area contributed by atoms with Crippen LogP contribution in [-0.2, 0) is 9.59 Å². The highest BCUT2D eigenvalue weighted by Gasteiger charge is 2.54. The molecule has 21 heavy (non-hydrogen) atoms. The molecule has 1 spiro atoms. The number of hydrogen-bond acceptors (Lipinski definition) is 3. The summed E-state index contributed by atoms with van der Waals surface area (Å²) in [6, 6.07) is 5.84. The Bertz CT molecular complexity index is 600. The van der Waals surface area contributed by atoms with Crippen LogP contribution < -0.4 is 5.32 Å². The van der Waals surface area contributed by atoms with Gasteiger partial charge in [0.1, 0.15) is 5.92 Å². The van der Waals surface area contributed by atoms with Crippen LogP contribution >= 0.6 is 0 Å². The Balaban J connectivity index is 1.94. The Kier molecular flexibility index (Phi) is 3.36. The first-order valence-electron chi connectivity index (χ1n) is 7.54. The lowest BCUT2D eigenvalue weighted by atomic mass is 9.75. The molecular weight excluding hydrogens is 266 g/mol. The molecule has 1 heterocycles. The monoisotopic (exact) mass is 287 g/mol. The van der Waals surface area contributed by atoms with Crippen molar-refractivity contribution in [3.05, 3.63) is 34.9 Å². The molecule has 112 valence electrons. The molecule has 1 aromatic carbocycles. The van der Waals surface area contributed by atoms with Gasteiger partial charge in [-0.25, -0.2) is 0 Å². The van der Waals surface area contributed by atoms with Gasteiger partial charge in [0.2, 0.25) is 5.91 Å². The lowest BCUT2D eigenvalue weighted by Crippen LogP contribution is -2.49. The number of ketones is 1. The summed E-state index contributed by atoms with van der Waals surface area (Å²) in [4.78, 5) is 25.3. The van der Waals surface area contributed by atoms with Crippen LogP contribution in [0.2, 0.25) is 0 Å². The Hall–Kier alpha value is -1.68. The molecular formula is C17H21NO3. The lowest BCUT2D eigenvalue weighted by Gasteiger charge is -2.34. The van der Waals surface area contributed by atoms with Crippen molar-refractivity contribution in [2.45, 2.75) is 57.1 Å². The second-order valence-electron chi connectivity index (χ2n) is 6.46. The maximum Gasteiger partial charge on any atom is 0.235 e. The van der Waals surface area contributed by atoms with Crippen LogP contribution in [0.5, 0.6) is 0 Å². The van der Waals surface area contributed by atoms with Gasteiger partial charge < -0.3 is 10.4 Å². The zero-order valence-corrected chi connectivity index (χ0v) is 12.5. The van der Waals surface area contributed by atoms with E-state index in [0.717, 1.165) is 16.7 Å². The van der Waals surface area contributed by atoms with Crippen LogP contribution in [0.25, 0.3) is 0 Å². The van der Waals surface area contributed by atoms with E-state index in [1.807, 2.05) is 32.0 Å². The molecule has 1 atom stereocenters. The van der Waals surface area contributed by atoms with Crippen LogP contribution in [0, 0.1) is 13.8 Å². The molecule has 2 fully saturated rings. The number of nitrogens with one attached hydrogen (secondary N) is 1. The number of aliphatic hydroxyl groups is 1. The Morgan fingerprint density at radius 2 is 1.86 bits per heavy atom. The predicted octanol–water partition coefficient (Wildman–Crippen LogP) is 1.76. The van der Waals surface area contributed by atoms with Gasteiger partial charge in [-0.15, -0.1) is 0 Å². The van der Waals surface area contributed by atoms with E-state index in [-0.39, 0.29) is 17.8 Å². The average molecular weight is 287 g/mol. The summed E-state index contributed by atoms with van der Waals surface area (Å²) >= 11 is 0. The summed E-state index contributed by atoms with van der Waals surface area (Å²) in [6.07, 6.45) is 1.89. The quantitative estimate of drug-likeness (QED) is 0.773. The van der Waals surface area contributed by atoms with Gasteiger partial charge in [-0.3, -0.25) is 9.59 Å². The SMILES string of the molecule is Cc1ccc(C2C(=O)NC3(CCC(O)CC3)C2=O)c(C)c1. The summed E-state index contributed by atoms with van der Waals surface area (Å²) < 4.78 is 0. The fraction of sp³-hybridized carbons (Fsp3) is 0.529. The van der Waals surface area contributed by atoms with Gasteiger partial charge in [0, 0.05) is 0 Å². The van der Waals surface area contributed by atoms with Gasteiger partial charge in [0.15, 0.2) is 5.78 Å². The Labute approximate surface area is 124 Å². The summed E-state index contributed by atoms with van der Waals surface area (Å²) in [6.45, 7) is 3.94. The Morgan fingerprint density at radius 3 is 2.48 bits per heavy atom. The van der Waals surface area contributed by atoms with Crippen molar-refractivity contribution in [1.82, 2.24) is 5.32 Å². The highest BCUT2D eigenvalue weighted by atomic mass is 16.3. The van der Waals surface area contributed by atoms with Crippen LogP contribution in [0.3, 0.4) is 0 Å². The molecule has 1 saturated carbocycles. The summed E-state index contributed by atoms with van der Waals surface area (Å²) in [5.41, 5.74) is 2.17. The molecule has 1 aliphatic carbocycles. The third kappa shape index (κ3) is 2.27. The molecule has 2 aliphatic rings. The van der Waals surface area contributed by atoms with Gasteiger partial charge in [0.25, 0.3) is 0 Å². The number of aryl methyl sites for hydroxylation is 2. The van der Waals surface area contributed by atoms with E-state index < -0.39 is 11.5 Å². The predicted molar refractivity (Wildman–Crippen MR) is 79.0 cm³/mol. The maximum atomic E-state index is 12.9. The van der Waals surface area contributed by atoms with E-state index >= 15 is 0 Å². The fourth-order valence-corrected chi connectivity index (χ4v) is 3.66. The highest BCUT2D eigenvalue weighted by molar-refractivity contribution is 6.17. The van der Waals surface area contributed by atoms with E-state index in [1.165, 1.54) is 0 Å². The molecule has 1 unspecified atom stereocenters. The van der Waals surface area contributed by atoms with Crippen LogP contribution in [0.15, 0.2) is 18.2 Å². The van der Waals surface area contributed by atoms with Gasteiger partial charge in [-0.2, -0.15) is 0 Å². The molecule has 0 radical (unpaired) electrons. The zero-order chi connectivity index (χ0) is 15.2. The second-order valence-corrected chi connectivity index (χ2v) is 6.46. The third-order valence-electron chi connectivity index (χ3n) is 4.90. The molecule has 1 saturated heterocycles. The van der Waals surface area contributed by atoms with Crippen molar-refractivity contribution in [3.8, 4) is 0 Å². The van der Waals surface area contributed by atoms with Crippen molar-refractivity contribution in [2.24, 2.45) is 0 Å². The molecule has 0 aromatic heterocycles. The smallest absolute Gasteiger partial charge is 0.235 e. The summed E-state index contributed by atoms with van der Waals surface area (Å²) in [5.74, 6) is -0.907. The van der Waals surface area contributed by atoms with Gasteiger partial charge in [0.05, 0.1) is 11.6 Å². The number of rotatable bonds is 1. The van der Waals surface area contributed by atoms with E-state index in [2.05, 4.69) is 5.32 Å². The minimum Gasteiger partial charge on any atom is -0.393 e. The van der Waals surface area contributed by atoms with Crippen LogP contribution in [0.4, 0.5) is 0 Å². The minimum atomic E-state index is -0.752. The zero-order valence-electron chi connectivity index (χ0n) is 12.5. The molecule has 3 rings (SSSR count). The molecule has 4 nitrogen and oxygen atoms in total. The summed E-state index contributed by atoms with van der Waals surface area (Å²) in [7, 11) is 0. The largest absolute Gasteiger partial charge is 0.393 e. The molecule has 0 bridgehead atoms. The number of Topliss-reactive ketones (excluding diaryl/α,β-unsaturated/α-hetero) is 1. The summed E-state index contributed by atoms with van der Waals surface area (Å²) in [5, 5.41) is 12.6. The number of carbonyl (C=O) groups is 2. The number of carbonyl (C=O) groups excluding carboxylic acids is 2. The van der Waals surface area contributed by atoms with E-state index in [1.54, 1.807) is 0 Å². The van der Waals surface area contributed by atoms with Crippen molar-refractivity contribution in [3.63, 3.8) is 0 Å². The molecule has 1 amide bonds. The van der Waals surface area contributed by atoms with E-state index in [4.69, 9.17) is 0 Å². The van der Waals surface area contributed by atoms with Crippen LogP contribution in [-0.4, -0.2) is 28.4 Å². The van der Waals surface area contributed by atoms with Gasteiger partial charge in [-0.1, -0.05) is 23.8 Å². The van der Waals surface area contributed by atoms with Crippen molar-refractivity contribution >= 4 is 11.7 Å². The first-order chi connectivity index (χ1) is 9.93. The third-order valence-corrected chi connectivity index (χ3v) is 4.90. The second kappa shape index (κ2) is 4.95. The number of aliphatic hydroxyl groups excluding tert-OH is 1. The maximum absolute atomic E-state index is 12.9. The van der Waals surface area contributed by atoms with Crippen molar-refractivity contribution < 1.29 is 14.7 Å². The molecule has 1 aromatic rings. The van der Waals surface area contributed by atoms with Gasteiger partial charge >= 0.3 is 0 Å². The fourth-order valence-electron chi connectivity index (χ4n) is 3.66. The average Bonchev–Trinajstić information content (AvgIpc) is 2.66. The van der Waals surface area contributed by atoms with Crippen molar-refractivity contribution in [1.29, 1.82) is 0 Å². The normalized spacial score (nSPS) is 32.5.